The molecule has 1 aromatic heterocycles. The molecular weight excluding hydrogens is 278 g/mol. The van der Waals surface area contributed by atoms with Gasteiger partial charge in [-0.05, 0) is 45.2 Å². The number of aromatic nitrogens is 1. The van der Waals surface area contributed by atoms with Crippen LogP contribution in [0.25, 0.3) is 0 Å². The van der Waals surface area contributed by atoms with Crippen molar-refractivity contribution in [3.63, 3.8) is 0 Å². The first-order valence-electron chi connectivity index (χ1n) is 7.73. The van der Waals surface area contributed by atoms with E-state index in [0.29, 0.717) is 19.0 Å². The zero-order valence-corrected chi connectivity index (χ0v) is 14.6. The summed E-state index contributed by atoms with van der Waals surface area (Å²) < 4.78 is 5.29. The lowest BCUT2D eigenvalue weighted by Gasteiger charge is -2.35. The molecule has 0 aliphatic carbocycles. The summed E-state index contributed by atoms with van der Waals surface area (Å²) in [6.45, 7) is 13.1. The molecule has 0 aliphatic rings. The number of nitrogens with zero attached hydrogens (tertiary/aromatic N) is 1. The van der Waals surface area contributed by atoms with Crippen LogP contribution < -0.4 is 10.6 Å². The van der Waals surface area contributed by atoms with E-state index in [1.807, 2.05) is 39.1 Å². The highest BCUT2D eigenvalue weighted by atomic mass is 16.6. The Morgan fingerprint density at radius 3 is 2.50 bits per heavy atom. The molecule has 1 unspecified atom stereocenters. The molecule has 0 bridgehead atoms. The molecule has 1 atom stereocenters. The van der Waals surface area contributed by atoms with Gasteiger partial charge in [-0.25, -0.2) is 4.79 Å². The van der Waals surface area contributed by atoms with Crippen LogP contribution in [0.15, 0.2) is 24.5 Å². The van der Waals surface area contributed by atoms with Crippen LogP contribution >= 0.6 is 0 Å². The van der Waals surface area contributed by atoms with Crippen molar-refractivity contribution in [3.8, 4) is 0 Å². The van der Waals surface area contributed by atoms with E-state index < -0.39 is 5.60 Å². The lowest BCUT2D eigenvalue weighted by Crippen LogP contribution is -2.55. The first-order valence-corrected chi connectivity index (χ1v) is 7.73. The smallest absolute Gasteiger partial charge is 0.407 e. The SMILES string of the molecule is CC(C)C(C)(CNC(=O)OC(C)(C)C)NCc1cccnc1. The normalized spacial score (nSPS) is 14.5. The first kappa shape index (κ1) is 18.4. The van der Waals surface area contributed by atoms with Gasteiger partial charge in [-0.15, -0.1) is 0 Å². The molecule has 0 spiro atoms. The van der Waals surface area contributed by atoms with E-state index in [4.69, 9.17) is 4.74 Å². The number of nitrogens with one attached hydrogen (secondary N) is 2. The topological polar surface area (TPSA) is 63.2 Å². The number of ether oxygens (including phenoxy) is 1. The van der Waals surface area contributed by atoms with Gasteiger partial charge in [0.15, 0.2) is 0 Å². The summed E-state index contributed by atoms with van der Waals surface area (Å²) in [4.78, 5) is 15.9. The summed E-state index contributed by atoms with van der Waals surface area (Å²) in [6, 6.07) is 3.95. The highest BCUT2D eigenvalue weighted by molar-refractivity contribution is 5.67. The quantitative estimate of drug-likeness (QED) is 0.847. The number of rotatable bonds is 6. The van der Waals surface area contributed by atoms with Gasteiger partial charge >= 0.3 is 6.09 Å². The minimum atomic E-state index is -0.485. The van der Waals surface area contributed by atoms with E-state index in [2.05, 4.69) is 36.4 Å². The molecule has 0 aromatic carbocycles. The zero-order valence-electron chi connectivity index (χ0n) is 14.6. The van der Waals surface area contributed by atoms with Gasteiger partial charge in [0.1, 0.15) is 5.60 Å². The Balaban J connectivity index is 2.57. The van der Waals surface area contributed by atoms with E-state index in [-0.39, 0.29) is 11.6 Å². The molecule has 124 valence electrons. The van der Waals surface area contributed by atoms with Gasteiger partial charge in [-0.2, -0.15) is 0 Å². The molecule has 5 heteroatoms. The Hall–Kier alpha value is -1.62. The van der Waals surface area contributed by atoms with Gasteiger partial charge in [0.05, 0.1) is 0 Å². The molecule has 2 N–H and O–H groups in total. The maximum atomic E-state index is 11.8. The Morgan fingerprint density at radius 1 is 1.32 bits per heavy atom. The van der Waals surface area contributed by atoms with E-state index in [1.54, 1.807) is 6.20 Å². The molecule has 1 amide bonds. The molecule has 0 saturated carbocycles. The second-order valence-electron chi connectivity index (χ2n) is 7.14. The fraction of sp³-hybridized carbons (Fsp3) is 0.647. The van der Waals surface area contributed by atoms with Crippen molar-refractivity contribution in [1.82, 2.24) is 15.6 Å². The van der Waals surface area contributed by atoms with E-state index in [9.17, 15) is 4.79 Å². The van der Waals surface area contributed by atoms with Gasteiger partial charge in [0.25, 0.3) is 0 Å². The number of carbonyl (C=O) groups is 1. The van der Waals surface area contributed by atoms with Crippen LogP contribution in [0.2, 0.25) is 0 Å². The van der Waals surface area contributed by atoms with Crippen molar-refractivity contribution in [2.75, 3.05) is 6.54 Å². The highest BCUT2D eigenvalue weighted by Gasteiger charge is 2.29. The number of amides is 1. The van der Waals surface area contributed by atoms with Gasteiger partial charge < -0.3 is 15.4 Å². The van der Waals surface area contributed by atoms with E-state index in [0.717, 1.165) is 5.56 Å². The maximum Gasteiger partial charge on any atom is 0.407 e. The highest BCUT2D eigenvalue weighted by Crippen LogP contribution is 2.17. The van der Waals surface area contributed by atoms with Crippen LogP contribution in [0.5, 0.6) is 0 Å². The Kier molecular flexibility index (Phi) is 6.35. The van der Waals surface area contributed by atoms with Crippen molar-refractivity contribution >= 4 is 6.09 Å². The molecule has 5 nitrogen and oxygen atoms in total. The third-order valence-electron chi connectivity index (χ3n) is 3.69. The van der Waals surface area contributed by atoms with E-state index >= 15 is 0 Å². The number of hydrogen-bond donors (Lipinski definition) is 2. The second-order valence-corrected chi connectivity index (χ2v) is 7.14. The summed E-state index contributed by atoms with van der Waals surface area (Å²) in [7, 11) is 0. The molecule has 1 rings (SSSR count). The van der Waals surface area contributed by atoms with Gasteiger partial charge in [-0.1, -0.05) is 19.9 Å². The zero-order chi connectivity index (χ0) is 16.8. The predicted molar refractivity (Wildman–Crippen MR) is 88.6 cm³/mol. The number of carbonyl (C=O) groups excluding carboxylic acids is 1. The minimum absolute atomic E-state index is 0.229. The van der Waals surface area contributed by atoms with Crippen LogP contribution in [-0.2, 0) is 11.3 Å². The molecule has 1 aromatic rings. The number of pyridine rings is 1. The Bertz CT molecular complexity index is 469. The molecule has 0 radical (unpaired) electrons. The van der Waals surface area contributed by atoms with Crippen molar-refractivity contribution in [2.24, 2.45) is 5.92 Å². The summed E-state index contributed by atoms with van der Waals surface area (Å²) in [5.74, 6) is 0.346. The van der Waals surface area contributed by atoms with Crippen molar-refractivity contribution < 1.29 is 9.53 Å². The molecule has 1 heterocycles. The predicted octanol–water partition coefficient (Wildman–Crippen LogP) is 3.11. The second kappa shape index (κ2) is 7.58. The molecule has 0 saturated heterocycles. The molecule has 0 aliphatic heterocycles. The number of alkyl carbamates (subject to hydrolysis) is 1. The lowest BCUT2D eigenvalue weighted by molar-refractivity contribution is 0.0503. The Morgan fingerprint density at radius 2 is 2.00 bits per heavy atom. The standard InChI is InChI=1S/C17H29N3O2/c1-13(2)17(6,12-19-15(21)22-16(3,4)5)20-11-14-8-7-9-18-10-14/h7-10,13,20H,11-12H2,1-6H3,(H,19,21). The average molecular weight is 307 g/mol. The molecule has 22 heavy (non-hydrogen) atoms. The van der Waals surface area contributed by atoms with Crippen LogP contribution in [0.1, 0.15) is 47.1 Å². The van der Waals surface area contributed by atoms with Crippen molar-refractivity contribution in [2.45, 2.75) is 59.2 Å². The fourth-order valence-electron chi connectivity index (χ4n) is 1.85. The van der Waals surface area contributed by atoms with Crippen molar-refractivity contribution in [3.05, 3.63) is 30.1 Å². The van der Waals surface area contributed by atoms with E-state index in [1.165, 1.54) is 0 Å². The largest absolute Gasteiger partial charge is 0.444 e. The number of hydrogen-bond acceptors (Lipinski definition) is 4. The van der Waals surface area contributed by atoms with Crippen molar-refractivity contribution in [1.29, 1.82) is 0 Å². The summed E-state index contributed by atoms with van der Waals surface area (Å²) in [6.07, 6.45) is 3.21. The first-order chi connectivity index (χ1) is 10.1. The third-order valence-corrected chi connectivity index (χ3v) is 3.69. The third kappa shape index (κ3) is 6.43. The summed E-state index contributed by atoms with van der Waals surface area (Å²) in [5, 5.41) is 6.38. The fourth-order valence-corrected chi connectivity index (χ4v) is 1.85. The minimum Gasteiger partial charge on any atom is -0.444 e. The van der Waals surface area contributed by atoms with Gasteiger partial charge in [0.2, 0.25) is 0 Å². The van der Waals surface area contributed by atoms with Crippen LogP contribution in [-0.4, -0.2) is 28.8 Å². The average Bonchev–Trinajstić information content (AvgIpc) is 2.42. The van der Waals surface area contributed by atoms with Crippen LogP contribution in [0.4, 0.5) is 4.79 Å². The lowest BCUT2D eigenvalue weighted by atomic mass is 9.88. The maximum absolute atomic E-state index is 11.8. The summed E-state index contributed by atoms with van der Waals surface area (Å²) >= 11 is 0. The van der Waals surface area contributed by atoms with Gasteiger partial charge in [-0.3, -0.25) is 4.98 Å². The summed E-state index contributed by atoms with van der Waals surface area (Å²) in [5.41, 5.74) is 0.403. The monoisotopic (exact) mass is 307 g/mol. The molecule has 0 fully saturated rings. The Labute approximate surface area is 133 Å². The van der Waals surface area contributed by atoms with Gasteiger partial charge in [0, 0.05) is 31.0 Å². The molecular formula is C17H29N3O2. The van der Waals surface area contributed by atoms with Crippen LogP contribution in [0, 0.1) is 5.92 Å². The van der Waals surface area contributed by atoms with Crippen LogP contribution in [0.3, 0.4) is 0 Å².